The number of carbonyl (C=O) groups is 3. The van der Waals surface area contributed by atoms with Gasteiger partial charge in [-0.3, -0.25) is 9.59 Å². The van der Waals surface area contributed by atoms with Crippen LogP contribution in [0.5, 0.6) is 0 Å². The zero-order valence-electron chi connectivity index (χ0n) is 12.3. The molecular formula is C14H20N2O4S. The van der Waals surface area contributed by atoms with E-state index in [1.165, 1.54) is 4.90 Å². The Morgan fingerprint density at radius 1 is 1.33 bits per heavy atom. The van der Waals surface area contributed by atoms with E-state index in [0.29, 0.717) is 31.6 Å². The summed E-state index contributed by atoms with van der Waals surface area (Å²) in [5.74, 6) is -0.594. The maximum absolute atomic E-state index is 12.9. The molecule has 2 amide bonds. The fourth-order valence-electron chi connectivity index (χ4n) is 3.72. The second kappa shape index (κ2) is 4.63. The Morgan fingerprint density at radius 2 is 2.05 bits per heavy atom. The summed E-state index contributed by atoms with van der Waals surface area (Å²) in [5, 5.41) is 9.45. The second-order valence-corrected chi connectivity index (χ2v) is 7.94. The lowest BCUT2D eigenvalue weighted by Gasteiger charge is -2.36. The summed E-state index contributed by atoms with van der Waals surface area (Å²) in [6.07, 6.45) is 2.40. The van der Waals surface area contributed by atoms with Gasteiger partial charge in [0.15, 0.2) is 0 Å². The summed E-state index contributed by atoms with van der Waals surface area (Å²) in [7, 11) is 0. The third-order valence-corrected chi connectivity index (χ3v) is 6.60. The highest BCUT2D eigenvalue weighted by atomic mass is 32.2. The standard InChI is InChI=1S/C14H20N2O4S/c1-13(12(19)20)5-3-7-15(13)11(18)9-8-21-14(2)6-4-10(17)16(9)14/h9H,3-8H2,1-2H3,(H,19,20). The molecule has 21 heavy (non-hydrogen) atoms. The average Bonchev–Trinajstić information content (AvgIpc) is 3.05. The lowest BCUT2D eigenvalue weighted by molar-refractivity contribution is -0.158. The van der Waals surface area contributed by atoms with Crippen molar-refractivity contribution >= 4 is 29.5 Å². The van der Waals surface area contributed by atoms with Gasteiger partial charge in [0, 0.05) is 18.7 Å². The number of rotatable bonds is 2. The molecule has 0 bridgehead atoms. The lowest BCUT2D eigenvalue weighted by atomic mass is 9.98. The Balaban J connectivity index is 1.86. The maximum atomic E-state index is 12.9. The number of carbonyl (C=O) groups excluding carboxylic acids is 2. The van der Waals surface area contributed by atoms with Crippen LogP contribution < -0.4 is 0 Å². The Kier molecular flexibility index (Phi) is 3.24. The SMILES string of the molecule is CC12CCC(=O)N1C(C(=O)N1CCCC1(C)C(=O)O)CS2. The molecule has 0 aromatic carbocycles. The van der Waals surface area contributed by atoms with Gasteiger partial charge in [0.25, 0.3) is 0 Å². The highest BCUT2D eigenvalue weighted by Gasteiger charge is 2.56. The Labute approximate surface area is 127 Å². The number of carboxylic acid groups (broad SMARTS) is 1. The summed E-state index contributed by atoms with van der Waals surface area (Å²) in [6.45, 7) is 4.06. The molecule has 3 fully saturated rings. The monoisotopic (exact) mass is 312 g/mol. The van der Waals surface area contributed by atoms with Gasteiger partial charge in [-0.2, -0.15) is 0 Å². The molecule has 116 valence electrons. The third kappa shape index (κ3) is 1.97. The first-order valence-electron chi connectivity index (χ1n) is 7.31. The van der Waals surface area contributed by atoms with Gasteiger partial charge in [-0.05, 0) is 33.1 Å². The normalized spacial score (nSPS) is 39.0. The predicted octanol–water partition coefficient (Wildman–Crippen LogP) is 0.906. The van der Waals surface area contributed by atoms with E-state index >= 15 is 0 Å². The fourth-order valence-corrected chi connectivity index (χ4v) is 5.15. The minimum atomic E-state index is -1.14. The minimum Gasteiger partial charge on any atom is -0.480 e. The van der Waals surface area contributed by atoms with Crippen LogP contribution in [0.1, 0.15) is 39.5 Å². The molecule has 1 N–H and O–H groups in total. The molecule has 3 aliphatic heterocycles. The van der Waals surface area contributed by atoms with Gasteiger partial charge < -0.3 is 14.9 Å². The predicted molar refractivity (Wildman–Crippen MR) is 77.7 cm³/mol. The Hall–Kier alpha value is -1.24. The van der Waals surface area contributed by atoms with Crippen molar-refractivity contribution in [2.24, 2.45) is 0 Å². The number of likely N-dealkylation sites (tertiary alicyclic amines) is 1. The zero-order valence-corrected chi connectivity index (χ0v) is 13.1. The Morgan fingerprint density at radius 3 is 2.71 bits per heavy atom. The summed E-state index contributed by atoms with van der Waals surface area (Å²) < 4.78 is 0. The average molecular weight is 312 g/mol. The molecule has 3 atom stereocenters. The van der Waals surface area contributed by atoms with Crippen molar-refractivity contribution < 1.29 is 19.5 Å². The molecular weight excluding hydrogens is 292 g/mol. The van der Waals surface area contributed by atoms with E-state index in [4.69, 9.17) is 0 Å². The van der Waals surface area contributed by atoms with Crippen molar-refractivity contribution in [1.82, 2.24) is 9.80 Å². The summed E-state index contributed by atoms with van der Waals surface area (Å²) in [4.78, 5) is 39.4. The molecule has 3 saturated heterocycles. The summed E-state index contributed by atoms with van der Waals surface area (Å²) >= 11 is 1.63. The first kappa shape index (κ1) is 14.7. The highest BCUT2D eigenvalue weighted by Crippen LogP contribution is 2.48. The van der Waals surface area contributed by atoms with Gasteiger partial charge in [-0.25, -0.2) is 4.79 Å². The maximum Gasteiger partial charge on any atom is 0.329 e. The quantitative estimate of drug-likeness (QED) is 0.820. The van der Waals surface area contributed by atoms with Crippen LogP contribution in [0, 0.1) is 0 Å². The van der Waals surface area contributed by atoms with E-state index < -0.39 is 17.6 Å². The van der Waals surface area contributed by atoms with E-state index in [1.807, 2.05) is 6.92 Å². The molecule has 0 spiro atoms. The smallest absolute Gasteiger partial charge is 0.329 e. The number of thioether (sulfide) groups is 1. The van der Waals surface area contributed by atoms with E-state index in [-0.39, 0.29) is 16.7 Å². The molecule has 3 rings (SSSR count). The molecule has 0 aromatic heterocycles. The summed E-state index contributed by atoms with van der Waals surface area (Å²) in [5.41, 5.74) is -1.14. The van der Waals surface area contributed by atoms with Gasteiger partial charge in [0.2, 0.25) is 11.8 Å². The van der Waals surface area contributed by atoms with E-state index in [9.17, 15) is 19.5 Å². The largest absolute Gasteiger partial charge is 0.480 e. The number of hydrogen-bond acceptors (Lipinski definition) is 4. The molecule has 3 heterocycles. The molecule has 0 saturated carbocycles. The number of amides is 2. The van der Waals surface area contributed by atoms with Crippen LogP contribution in [-0.4, -0.2) is 61.4 Å². The molecule has 0 radical (unpaired) electrons. The van der Waals surface area contributed by atoms with Crippen LogP contribution in [0.2, 0.25) is 0 Å². The zero-order chi connectivity index (χ0) is 15.4. The van der Waals surface area contributed by atoms with Crippen molar-refractivity contribution in [2.45, 2.75) is 56.0 Å². The minimum absolute atomic E-state index is 0.0112. The van der Waals surface area contributed by atoms with Crippen LogP contribution in [0.15, 0.2) is 0 Å². The van der Waals surface area contributed by atoms with Crippen molar-refractivity contribution in [1.29, 1.82) is 0 Å². The van der Waals surface area contributed by atoms with Gasteiger partial charge in [0.05, 0.1) is 4.87 Å². The number of nitrogens with zero attached hydrogens (tertiary/aromatic N) is 2. The lowest BCUT2D eigenvalue weighted by Crippen LogP contribution is -2.58. The molecule has 6 nitrogen and oxygen atoms in total. The number of carboxylic acids is 1. The first-order chi connectivity index (χ1) is 9.79. The van der Waals surface area contributed by atoms with Gasteiger partial charge in [0.1, 0.15) is 11.6 Å². The number of aliphatic carboxylic acids is 1. The topological polar surface area (TPSA) is 77.9 Å². The second-order valence-electron chi connectivity index (χ2n) is 6.44. The van der Waals surface area contributed by atoms with Crippen molar-refractivity contribution in [2.75, 3.05) is 12.3 Å². The van der Waals surface area contributed by atoms with E-state index in [0.717, 1.165) is 6.42 Å². The van der Waals surface area contributed by atoms with Gasteiger partial charge in [-0.1, -0.05) is 0 Å². The van der Waals surface area contributed by atoms with Crippen molar-refractivity contribution in [3.63, 3.8) is 0 Å². The molecule has 3 unspecified atom stereocenters. The molecule has 0 aliphatic carbocycles. The molecule has 0 aromatic rings. The van der Waals surface area contributed by atoms with Crippen molar-refractivity contribution in [3.8, 4) is 0 Å². The van der Waals surface area contributed by atoms with Crippen LogP contribution in [0.3, 0.4) is 0 Å². The Bertz CT molecular complexity index is 525. The summed E-state index contributed by atoms with van der Waals surface area (Å²) in [6, 6.07) is -0.508. The van der Waals surface area contributed by atoms with E-state index in [2.05, 4.69) is 0 Å². The third-order valence-electron chi connectivity index (χ3n) is 5.10. The van der Waals surface area contributed by atoms with Gasteiger partial charge >= 0.3 is 5.97 Å². The van der Waals surface area contributed by atoms with Gasteiger partial charge in [-0.15, -0.1) is 11.8 Å². The number of fused-ring (bicyclic) bond motifs is 1. The van der Waals surface area contributed by atoms with E-state index in [1.54, 1.807) is 23.6 Å². The first-order valence-corrected chi connectivity index (χ1v) is 8.29. The highest BCUT2D eigenvalue weighted by molar-refractivity contribution is 8.01. The fraction of sp³-hybridized carbons (Fsp3) is 0.786. The molecule has 3 aliphatic rings. The number of hydrogen-bond donors (Lipinski definition) is 1. The van der Waals surface area contributed by atoms with Crippen LogP contribution in [-0.2, 0) is 14.4 Å². The van der Waals surface area contributed by atoms with Crippen LogP contribution in [0.4, 0.5) is 0 Å². The molecule has 7 heteroatoms. The van der Waals surface area contributed by atoms with Crippen LogP contribution in [0.25, 0.3) is 0 Å². The van der Waals surface area contributed by atoms with Crippen molar-refractivity contribution in [3.05, 3.63) is 0 Å². The van der Waals surface area contributed by atoms with Crippen LogP contribution >= 0.6 is 11.8 Å².